The van der Waals surface area contributed by atoms with E-state index in [0.717, 1.165) is 43.3 Å². The van der Waals surface area contributed by atoms with Gasteiger partial charge in [-0.25, -0.2) is 0 Å². The van der Waals surface area contributed by atoms with E-state index in [9.17, 15) is 4.79 Å². The zero-order valence-electron chi connectivity index (χ0n) is 13.1. The van der Waals surface area contributed by atoms with Crippen molar-refractivity contribution in [3.05, 3.63) is 18.2 Å². The number of ether oxygens (including phenoxy) is 1. The van der Waals surface area contributed by atoms with E-state index in [1.165, 1.54) is 0 Å². The number of hydrogen-bond acceptors (Lipinski definition) is 4. The fraction of sp³-hybridized carbons (Fsp3) is 0.471. The number of amides is 1. The molecule has 0 saturated carbocycles. The molecule has 2 aliphatic rings. The molecule has 2 heterocycles. The first-order valence-electron chi connectivity index (χ1n) is 7.58. The van der Waals surface area contributed by atoms with E-state index in [4.69, 9.17) is 11.2 Å². The average molecular weight is 299 g/mol. The van der Waals surface area contributed by atoms with E-state index in [1.807, 2.05) is 18.2 Å². The predicted molar refractivity (Wildman–Crippen MR) is 87.4 cm³/mol. The van der Waals surface area contributed by atoms with Gasteiger partial charge in [0, 0.05) is 26.2 Å². The fourth-order valence-corrected chi connectivity index (χ4v) is 3.01. The van der Waals surface area contributed by atoms with Crippen LogP contribution in [0.5, 0.6) is 5.75 Å². The Balaban J connectivity index is 2.09. The zero-order chi connectivity index (χ0) is 15.7. The number of hydrogen-bond donors (Lipinski definition) is 1. The van der Waals surface area contributed by atoms with Gasteiger partial charge in [-0.3, -0.25) is 9.69 Å². The van der Waals surface area contributed by atoms with Crippen molar-refractivity contribution in [1.29, 1.82) is 0 Å². The van der Waals surface area contributed by atoms with Crippen molar-refractivity contribution >= 4 is 17.3 Å². The van der Waals surface area contributed by atoms with Gasteiger partial charge >= 0.3 is 0 Å². The molecule has 1 saturated heterocycles. The quantitative estimate of drug-likeness (QED) is 0.835. The second-order valence-electron chi connectivity index (χ2n) is 6.07. The summed E-state index contributed by atoms with van der Waals surface area (Å²) in [7, 11) is 0. The van der Waals surface area contributed by atoms with Crippen LogP contribution in [0.15, 0.2) is 18.2 Å². The molecule has 116 valence electrons. The van der Waals surface area contributed by atoms with E-state index in [2.05, 4.69) is 16.1 Å². The third-order valence-corrected chi connectivity index (χ3v) is 4.08. The zero-order valence-corrected chi connectivity index (χ0v) is 13.1. The number of para-hydroxylation sites is 1. The molecule has 5 heteroatoms. The third kappa shape index (κ3) is 2.40. The van der Waals surface area contributed by atoms with Crippen LogP contribution in [0.3, 0.4) is 0 Å². The molecule has 1 N–H and O–H groups in total. The monoisotopic (exact) mass is 299 g/mol. The fourth-order valence-electron chi connectivity index (χ4n) is 3.01. The van der Waals surface area contributed by atoms with E-state index < -0.39 is 5.60 Å². The Morgan fingerprint density at radius 3 is 2.77 bits per heavy atom. The molecule has 0 aliphatic carbocycles. The molecule has 2 aliphatic heterocycles. The minimum absolute atomic E-state index is 0.0967. The summed E-state index contributed by atoms with van der Waals surface area (Å²) in [5, 5.41) is 3.34. The summed E-state index contributed by atoms with van der Waals surface area (Å²) in [5.41, 5.74) is 0.913. The molecule has 5 nitrogen and oxygen atoms in total. The highest BCUT2D eigenvalue weighted by Crippen LogP contribution is 2.44. The topological polar surface area (TPSA) is 44.8 Å². The van der Waals surface area contributed by atoms with E-state index in [-0.39, 0.29) is 12.5 Å². The number of nitrogens with one attached hydrogen (secondary N) is 1. The summed E-state index contributed by atoms with van der Waals surface area (Å²) in [5.74, 6) is 3.22. The summed E-state index contributed by atoms with van der Waals surface area (Å²) < 4.78 is 5.94. The molecule has 1 aromatic rings. The van der Waals surface area contributed by atoms with E-state index in [1.54, 1.807) is 18.7 Å². The lowest BCUT2D eigenvalue weighted by Crippen LogP contribution is -2.53. The highest BCUT2D eigenvalue weighted by Gasteiger charge is 2.42. The molecular weight excluding hydrogens is 278 g/mol. The maximum atomic E-state index is 12.7. The Morgan fingerprint density at radius 1 is 1.36 bits per heavy atom. The van der Waals surface area contributed by atoms with Gasteiger partial charge in [0.05, 0.1) is 12.2 Å². The Bertz CT molecular complexity index is 627. The van der Waals surface area contributed by atoms with Gasteiger partial charge in [-0.15, -0.1) is 6.42 Å². The Hall–Kier alpha value is -2.19. The Kier molecular flexibility index (Phi) is 3.71. The van der Waals surface area contributed by atoms with Crippen LogP contribution in [-0.2, 0) is 4.79 Å². The number of piperazine rings is 1. The van der Waals surface area contributed by atoms with Gasteiger partial charge < -0.3 is 15.0 Å². The van der Waals surface area contributed by atoms with Crippen molar-refractivity contribution in [3.63, 3.8) is 0 Å². The number of benzene rings is 1. The largest absolute Gasteiger partial charge is 0.476 e. The lowest BCUT2D eigenvalue weighted by atomic mass is 10.0. The molecular formula is C17H21N3O2. The highest BCUT2D eigenvalue weighted by atomic mass is 16.5. The van der Waals surface area contributed by atoms with Crippen molar-refractivity contribution in [2.45, 2.75) is 19.4 Å². The number of carbonyl (C=O) groups excluding carboxylic acids is 1. The molecule has 1 fully saturated rings. The number of nitrogens with zero attached hydrogens (tertiary/aromatic N) is 2. The standard InChI is InChI=1S/C17H21N3O2/c1-4-10-20-15-13(19-11-8-18-9-12-19)6-5-7-14(15)22-17(2,3)16(20)21/h1,5-7,18H,8-12H2,2-3H3. The number of anilines is 2. The summed E-state index contributed by atoms with van der Waals surface area (Å²) in [6.45, 7) is 7.47. The highest BCUT2D eigenvalue weighted by molar-refractivity contribution is 6.05. The maximum Gasteiger partial charge on any atom is 0.271 e. The average Bonchev–Trinajstić information content (AvgIpc) is 2.52. The summed E-state index contributed by atoms with van der Waals surface area (Å²) in [6, 6.07) is 5.90. The van der Waals surface area contributed by atoms with Crippen molar-refractivity contribution < 1.29 is 9.53 Å². The predicted octanol–water partition coefficient (Wildman–Crippen LogP) is 1.23. The summed E-state index contributed by atoms with van der Waals surface area (Å²) in [6.07, 6.45) is 5.49. The number of terminal acetylenes is 1. The van der Waals surface area contributed by atoms with Gasteiger partial charge in [0.25, 0.3) is 5.91 Å². The van der Waals surface area contributed by atoms with Crippen LogP contribution in [-0.4, -0.2) is 44.2 Å². The first-order chi connectivity index (χ1) is 10.5. The lowest BCUT2D eigenvalue weighted by molar-refractivity contribution is -0.132. The van der Waals surface area contributed by atoms with Crippen LogP contribution in [0, 0.1) is 12.3 Å². The number of carbonyl (C=O) groups is 1. The number of fused-ring (bicyclic) bond motifs is 1. The van der Waals surface area contributed by atoms with Crippen LogP contribution < -0.4 is 19.9 Å². The van der Waals surface area contributed by atoms with Crippen LogP contribution >= 0.6 is 0 Å². The van der Waals surface area contributed by atoms with Crippen molar-refractivity contribution in [3.8, 4) is 18.1 Å². The van der Waals surface area contributed by atoms with Gasteiger partial charge in [0.1, 0.15) is 11.4 Å². The van der Waals surface area contributed by atoms with Gasteiger partial charge in [-0.05, 0) is 26.0 Å². The van der Waals surface area contributed by atoms with Crippen molar-refractivity contribution in [1.82, 2.24) is 5.32 Å². The first kappa shape index (κ1) is 14.7. The van der Waals surface area contributed by atoms with Crippen LogP contribution in [0.4, 0.5) is 11.4 Å². The van der Waals surface area contributed by atoms with Crippen LogP contribution in [0.1, 0.15) is 13.8 Å². The third-order valence-electron chi connectivity index (χ3n) is 4.08. The Labute approximate surface area is 131 Å². The maximum absolute atomic E-state index is 12.7. The Morgan fingerprint density at radius 2 is 2.09 bits per heavy atom. The molecule has 0 radical (unpaired) electrons. The van der Waals surface area contributed by atoms with Crippen molar-refractivity contribution in [2.75, 3.05) is 42.5 Å². The molecule has 22 heavy (non-hydrogen) atoms. The lowest BCUT2D eigenvalue weighted by Gasteiger charge is -2.41. The minimum Gasteiger partial charge on any atom is -0.476 e. The molecule has 0 atom stereocenters. The second kappa shape index (κ2) is 5.54. The molecule has 1 aromatic carbocycles. The van der Waals surface area contributed by atoms with Gasteiger partial charge in [0.15, 0.2) is 5.60 Å². The SMILES string of the molecule is C#CCN1C(=O)C(C)(C)Oc2cccc(N3CCNCC3)c21. The minimum atomic E-state index is -0.897. The first-order valence-corrected chi connectivity index (χ1v) is 7.58. The molecule has 0 aromatic heterocycles. The molecule has 0 spiro atoms. The summed E-state index contributed by atoms with van der Waals surface area (Å²) in [4.78, 5) is 16.7. The molecule has 1 amide bonds. The molecule has 3 rings (SSSR count). The number of rotatable bonds is 2. The normalized spacial score (nSPS) is 20.1. The van der Waals surface area contributed by atoms with Gasteiger partial charge in [0.2, 0.25) is 0 Å². The van der Waals surface area contributed by atoms with Crippen LogP contribution in [0.2, 0.25) is 0 Å². The molecule has 0 unspecified atom stereocenters. The smallest absolute Gasteiger partial charge is 0.271 e. The second-order valence-corrected chi connectivity index (χ2v) is 6.07. The van der Waals surface area contributed by atoms with E-state index >= 15 is 0 Å². The van der Waals surface area contributed by atoms with Gasteiger partial charge in [-0.1, -0.05) is 12.0 Å². The van der Waals surface area contributed by atoms with Crippen LogP contribution in [0.25, 0.3) is 0 Å². The molecule has 0 bridgehead atoms. The summed E-state index contributed by atoms with van der Waals surface area (Å²) >= 11 is 0. The van der Waals surface area contributed by atoms with E-state index in [0.29, 0.717) is 0 Å². The van der Waals surface area contributed by atoms with Crippen molar-refractivity contribution in [2.24, 2.45) is 0 Å². The van der Waals surface area contributed by atoms with Gasteiger partial charge in [-0.2, -0.15) is 0 Å².